The van der Waals surface area contributed by atoms with Gasteiger partial charge in [-0.05, 0) is 25.5 Å². The molecule has 2 rings (SSSR count). The van der Waals surface area contributed by atoms with E-state index in [-0.39, 0.29) is 10.7 Å². The third-order valence-corrected chi connectivity index (χ3v) is 3.20. The Bertz CT molecular complexity index is 694. The lowest BCUT2D eigenvalue weighted by Crippen LogP contribution is -2.13. The van der Waals surface area contributed by atoms with E-state index in [4.69, 9.17) is 18.0 Å². The molecule has 20 heavy (non-hydrogen) atoms. The maximum Gasteiger partial charge on any atom is 0.152 e. The first-order valence-corrected chi connectivity index (χ1v) is 6.28. The largest absolute Gasteiger partial charge is 0.389 e. The first-order valence-electron chi connectivity index (χ1n) is 5.88. The number of halogens is 2. The van der Waals surface area contributed by atoms with Crippen LogP contribution in [-0.4, -0.2) is 14.8 Å². The van der Waals surface area contributed by atoms with Gasteiger partial charge in [0.15, 0.2) is 5.82 Å². The average Bonchev–Trinajstić information content (AvgIpc) is 2.64. The van der Waals surface area contributed by atoms with Gasteiger partial charge in [-0.25, -0.2) is 8.78 Å². The van der Waals surface area contributed by atoms with Gasteiger partial charge in [0.2, 0.25) is 0 Å². The molecular weight excluding hydrogens is 282 g/mol. The molecule has 106 valence electrons. The van der Waals surface area contributed by atoms with E-state index in [1.807, 2.05) is 0 Å². The number of aromatic nitrogens is 2. The van der Waals surface area contributed by atoms with Crippen molar-refractivity contribution in [3.05, 3.63) is 40.6 Å². The van der Waals surface area contributed by atoms with Crippen LogP contribution in [0.5, 0.6) is 0 Å². The minimum Gasteiger partial charge on any atom is -0.389 e. The molecule has 0 amide bonds. The van der Waals surface area contributed by atoms with Crippen LogP contribution in [0, 0.1) is 25.5 Å². The van der Waals surface area contributed by atoms with Crippen LogP contribution < -0.4 is 11.1 Å². The SMILES string of the molecule is Cc1ccc(F)c(Nc2c(C(N)=S)c(C)nn2C)c1F. The molecule has 0 saturated heterocycles. The summed E-state index contributed by atoms with van der Waals surface area (Å²) < 4.78 is 29.3. The Hall–Kier alpha value is -2.02. The zero-order chi connectivity index (χ0) is 15.0. The smallest absolute Gasteiger partial charge is 0.152 e. The Morgan fingerprint density at radius 1 is 1.35 bits per heavy atom. The fourth-order valence-corrected chi connectivity index (χ4v) is 2.23. The highest BCUT2D eigenvalue weighted by Crippen LogP contribution is 2.28. The molecule has 7 heteroatoms. The number of nitrogens with zero attached hydrogens (tertiary/aromatic N) is 2. The van der Waals surface area contributed by atoms with Crippen molar-refractivity contribution in [2.24, 2.45) is 12.8 Å². The van der Waals surface area contributed by atoms with E-state index >= 15 is 0 Å². The van der Waals surface area contributed by atoms with Crippen LogP contribution in [0.3, 0.4) is 0 Å². The molecule has 1 heterocycles. The summed E-state index contributed by atoms with van der Waals surface area (Å²) in [5.41, 5.74) is 6.80. The highest BCUT2D eigenvalue weighted by Gasteiger charge is 2.19. The normalized spacial score (nSPS) is 10.7. The van der Waals surface area contributed by atoms with E-state index in [9.17, 15) is 8.78 Å². The fourth-order valence-electron chi connectivity index (χ4n) is 1.99. The van der Waals surface area contributed by atoms with Gasteiger partial charge in [-0.15, -0.1) is 0 Å². The second-order valence-electron chi connectivity index (χ2n) is 4.48. The van der Waals surface area contributed by atoms with Crippen molar-refractivity contribution >= 4 is 28.7 Å². The Labute approximate surface area is 120 Å². The second-order valence-corrected chi connectivity index (χ2v) is 4.91. The van der Waals surface area contributed by atoms with E-state index in [0.717, 1.165) is 0 Å². The van der Waals surface area contributed by atoms with Gasteiger partial charge in [-0.3, -0.25) is 4.68 Å². The molecule has 0 radical (unpaired) electrons. The molecule has 1 aromatic carbocycles. The van der Waals surface area contributed by atoms with Gasteiger partial charge in [0.1, 0.15) is 22.3 Å². The summed E-state index contributed by atoms with van der Waals surface area (Å²) >= 11 is 4.96. The molecule has 0 aliphatic rings. The number of aryl methyl sites for hydroxylation is 3. The van der Waals surface area contributed by atoms with Crippen LogP contribution in [-0.2, 0) is 7.05 Å². The fraction of sp³-hybridized carbons (Fsp3) is 0.231. The second kappa shape index (κ2) is 5.16. The van der Waals surface area contributed by atoms with Crippen molar-refractivity contribution in [2.75, 3.05) is 5.32 Å². The number of hydrogen-bond donors (Lipinski definition) is 2. The van der Waals surface area contributed by atoms with Gasteiger partial charge in [0.05, 0.1) is 11.3 Å². The van der Waals surface area contributed by atoms with Crippen LogP contribution in [0.25, 0.3) is 0 Å². The molecule has 0 saturated carbocycles. The third kappa shape index (κ3) is 2.36. The van der Waals surface area contributed by atoms with Crippen molar-refractivity contribution in [1.29, 1.82) is 0 Å². The minimum atomic E-state index is -0.694. The molecule has 2 aromatic rings. The van der Waals surface area contributed by atoms with Crippen LogP contribution in [0.2, 0.25) is 0 Å². The summed E-state index contributed by atoms with van der Waals surface area (Å²) in [6.45, 7) is 3.28. The van der Waals surface area contributed by atoms with Crippen LogP contribution in [0.1, 0.15) is 16.8 Å². The summed E-state index contributed by atoms with van der Waals surface area (Å²) in [5.74, 6) is -0.989. The number of anilines is 2. The molecule has 0 aliphatic heterocycles. The molecule has 3 N–H and O–H groups in total. The minimum absolute atomic E-state index is 0.117. The zero-order valence-electron chi connectivity index (χ0n) is 11.3. The van der Waals surface area contributed by atoms with Crippen molar-refractivity contribution in [1.82, 2.24) is 9.78 Å². The van der Waals surface area contributed by atoms with E-state index in [0.29, 0.717) is 22.6 Å². The summed E-state index contributed by atoms with van der Waals surface area (Å²) in [5, 5.41) is 6.86. The van der Waals surface area contributed by atoms with Gasteiger partial charge in [-0.2, -0.15) is 5.10 Å². The van der Waals surface area contributed by atoms with E-state index < -0.39 is 11.6 Å². The van der Waals surface area contributed by atoms with E-state index in [2.05, 4.69) is 10.4 Å². The number of rotatable bonds is 3. The molecule has 0 unspecified atom stereocenters. The number of hydrogen-bond acceptors (Lipinski definition) is 3. The average molecular weight is 296 g/mol. The van der Waals surface area contributed by atoms with Crippen molar-refractivity contribution in [3.63, 3.8) is 0 Å². The lowest BCUT2D eigenvalue weighted by Gasteiger charge is -2.12. The van der Waals surface area contributed by atoms with Crippen molar-refractivity contribution < 1.29 is 8.78 Å². The van der Waals surface area contributed by atoms with Crippen molar-refractivity contribution in [3.8, 4) is 0 Å². The summed E-state index contributed by atoms with van der Waals surface area (Å²) in [4.78, 5) is 0.117. The molecule has 0 aliphatic carbocycles. The predicted molar refractivity (Wildman–Crippen MR) is 78.2 cm³/mol. The monoisotopic (exact) mass is 296 g/mol. The van der Waals surface area contributed by atoms with Gasteiger partial charge in [0, 0.05) is 7.05 Å². The first kappa shape index (κ1) is 14.4. The maximum absolute atomic E-state index is 14.0. The number of nitrogens with two attached hydrogens (primary N) is 1. The number of thiocarbonyl (C=S) groups is 1. The number of nitrogens with one attached hydrogen (secondary N) is 1. The topological polar surface area (TPSA) is 55.9 Å². The summed E-state index contributed by atoms with van der Waals surface area (Å²) in [6.07, 6.45) is 0. The van der Waals surface area contributed by atoms with E-state index in [1.54, 1.807) is 20.9 Å². The van der Waals surface area contributed by atoms with Gasteiger partial charge in [-0.1, -0.05) is 18.3 Å². The molecule has 0 bridgehead atoms. The standard InChI is InChI=1S/C13H14F2N4S/c1-6-4-5-8(14)11(10(6)15)17-13-9(12(16)20)7(2)18-19(13)3/h4-5,17H,1-3H3,(H2,16,20). The van der Waals surface area contributed by atoms with Gasteiger partial charge >= 0.3 is 0 Å². The Morgan fingerprint density at radius 3 is 2.60 bits per heavy atom. The summed E-state index contributed by atoms with van der Waals surface area (Å²) in [7, 11) is 1.64. The Morgan fingerprint density at radius 2 is 2.00 bits per heavy atom. The molecule has 0 atom stereocenters. The Kier molecular flexibility index (Phi) is 3.71. The molecule has 0 spiro atoms. The maximum atomic E-state index is 14.0. The quantitative estimate of drug-likeness (QED) is 0.855. The highest BCUT2D eigenvalue weighted by molar-refractivity contribution is 7.80. The van der Waals surface area contributed by atoms with Crippen molar-refractivity contribution in [2.45, 2.75) is 13.8 Å². The molecule has 0 fully saturated rings. The zero-order valence-corrected chi connectivity index (χ0v) is 12.1. The van der Waals surface area contributed by atoms with Gasteiger partial charge in [0.25, 0.3) is 0 Å². The first-order chi connectivity index (χ1) is 9.32. The predicted octanol–water partition coefficient (Wildman–Crippen LogP) is 2.69. The van der Waals surface area contributed by atoms with Crippen LogP contribution in [0.4, 0.5) is 20.3 Å². The lowest BCUT2D eigenvalue weighted by atomic mass is 10.2. The molecular formula is C13H14F2N4S. The van der Waals surface area contributed by atoms with Crippen LogP contribution in [0.15, 0.2) is 12.1 Å². The third-order valence-electron chi connectivity index (χ3n) is 3.00. The molecule has 4 nitrogen and oxygen atoms in total. The molecule has 1 aromatic heterocycles. The van der Waals surface area contributed by atoms with Crippen LogP contribution >= 0.6 is 12.2 Å². The lowest BCUT2D eigenvalue weighted by molar-refractivity contribution is 0.584. The highest BCUT2D eigenvalue weighted by atomic mass is 32.1. The number of benzene rings is 1. The van der Waals surface area contributed by atoms with E-state index in [1.165, 1.54) is 16.8 Å². The van der Waals surface area contributed by atoms with Gasteiger partial charge < -0.3 is 11.1 Å². The summed E-state index contributed by atoms with van der Waals surface area (Å²) in [6, 6.07) is 2.57. The Balaban J connectivity index is 2.56.